The molecule has 1 aliphatic rings. The molecule has 2 aromatic rings. The summed E-state index contributed by atoms with van der Waals surface area (Å²) in [6, 6.07) is 3.53. The molecule has 0 aliphatic heterocycles. The average Bonchev–Trinajstić information content (AvgIpc) is 3.22. The lowest BCUT2D eigenvalue weighted by Gasteiger charge is -2.07. The highest BCUT2D eigenvalue weighted by Crippen LogP contribution is 2.38. The highest BCUT2D eigenvalue weighted by atomic mass is 16.1. The Balaban J connectivity index is 2.13. The van der Waals surface area contributed by atoms with Crippen molar-refractivity contribution < 1.29 is 0 Å². The fourth-order valence-electron chi connectivity index (χ4n) is 2.13. The zero-order valence-corrected chi connectivity index (χ0v) is 10.3. The Labute approximate surface area is 105 Å². The minimum atomic E-state index is -0.0687. The van der Waals surface area contributed by atoms with Crippen LogP contribution in [-0.4, -0.2) is 15.0 Å². The Kier molecular flexibility index (Phi) is 2.70. The average molecular weight is 241 g/mol. The van der Waals surface area contributed by atoms with Gasteiger partial charge in [-0.05, 0) is 30.9 Å². The van der Waals surface area contributed by atoms with Crippen LogP contribution in [0, 0.1) is 0 Å². The largest absolute Gasteiger partial charge is 0.307 e. The van der Waals surface area contributed by atoms with Crippen LogP contribution in [0.4, 0.5) is 0 Å². The number of hydrogen-bond donors (Lipinski definition) is 1. The van der Waals surface area contributed by atoms with Gasteiger partial charge in [-0.3, -0.25) is 9.78 Å². The van der Waals surface area contributed by atoms with Crippen LogP contribution in [0.5, 0.6) is 0 Å². The van der Waals surface area contributed by atoms with Gasteiger partial charge in [0.15, 0.2) is 0 Å². The third-order valence-corrected chi connectivity index (χ3v) is 3.30. The van der Waals surface area contributed by atoms with Crippen molar-refractivity contribution in [2.45, 2.75) is 32.1 Å². The summed E-state index contributed by atoms with van der Waals surface area (Å²) in [5.41, 5.74) is 2.94. The van der Waals surface area contributed by atoms with Crippen molar-refractivity contribution in [3.05, 3.63) is 46.1 Å². The second kappa shape index (κ2) is 4.37. The van der Waals surface area contributed by atoms with E-state index >= 15 is 0 Å². The molecule has 0 bridgehead atoms. The second-order valence-corrected chi connectivity index (χ2v) is 4.68. The van der Waals surface area contributed by atoms with Gasteiger partial charge in [-0.25, -0.2) is 4.98 Å². The van der Waals surface area contributed by atoms with E-state index in [9.17, 15) is 4.79 Å². The van der Waals surface area contributed by atoms with Crippen molar-refractivity contribution in [1.29, 1.82) is 0 Å². The summed E-state index contributed by atoms with van der Waals surface area (Å²) in [7, 11) is 0. The molecule has 0 amide bonds. The number of nitrogens with one attached hydrogen (secondary N) is 1. The first-order valence-corrected chi connectivity index (χ1v) is 6.32. The van der Waals surface area contributed by atoms with Crippen molar-refractivity contribution in [2.24, 2.45) is 0 Å². The lowest BCUT2D eigenvalue weighted by atomic mass is 10.1. The zero-order valence-electron chi connectivity index (χ0n) is 10.3. The minimum Gasteiger partial charge on any atom is -0.307 e. The minimum absolute atomic E-state index is 0.0687. The van der Waals surface area contributed by atoms with Crippen LogP contribution >= 0.6 is 0 Å². The van der Waals surface area contributed by atoms with E-state index in [2.05, 4.69) is 21.9 Å². The molecule has 0 spiro atoms. The van der Waals surface area contributed by atoms with Gasteiger partial charge in [-0.15, -0.1) is 0 Å². The van der Waals surface area contributed by atoms with Crippen LogP contribution < -0.4 is 5.56 Å². The van der Waals surface area contributed by atoms with Crippen LogP contribution in [0.15, 0.2) is 29.3 Å². The number of pyridine rings is 1. The van der Waals surface area contributed by atoms with Gasteiger partial charge in [0.2, 0.25) is 0 Å². The van der Waals surface area contributed by atoms with Gasteiger partial charge in [-0.1, -0.05) is 6.92 Å². The van der Waals surface area contributed by atoms with Crippen molar-refractivity contribution in [1.82, 2.24) is 15.0 Å². The predicted molar refractivity (Wildman–Crippen MR) is 69.4 cm³/mol. The fraction of sp³-hybridized carbons (Fsp3) is 0.357. The van der Waals surface area contributed by atoms with Crippen molar-refractivity contribution in [3.63, 3.8) is 0 Å². The van der Waals surface area contributed by atoms with Gasteiger partial charge in [-0.2, -0.15) is 0 Å². The summed E-state index contributed by atoms with van der Waals surface area (Å²) in [4.78, 5) is 23.2. The van der Waals surface area contributed by atoms with Crippen LogP contribution in [0.25, 0.3) is 11.4 Å². The monoisotopic (exact) mass is 241 g/mol. The van der Waals surface area contributed by atoms with Gasteiger partial charge < -0.3 is 4.98 Å². The van der Waals surface area contributed by atoms with E-state index in [0.29, 0.717) is 11.7 Å². The summed E-state index contributed by atoms with van der Waals surface area (Å²) in [5, 5.41) is 0. The van der Waals surface area contributed by atoms with Crippen LogP contribution in [-0.2, 0) is 6.42 Å². The number of aromatic amines is 1. The fourth-order valence-corrected chi connectivity index (χ4v) is 2.13. The van der Waals surface area contributed by atoms with Crippen LogP contribution in [0.2, 0.25) is 0 Å². The van der Waals surface area contributed by atoms with Crippen molar-refractivity contribution in [3.8, 4) is 11.4 Å². The molecule has 2 heterocycles. The van der Waals surface area contributed by atoms with Crippen molar-refractivity contribution >= 4 is 0 Å². The van der Waals surface area contributed by atoms with Gasteiger partial charge in [0.05, 0.1) is 5.69 Å². The second-order valence-electron chi connectivity index (χ2n) is 4.68. The molecule has 0 saturated heterocycles. The van der Waals surface area contributed by atoms with E-state index in [1.165, 1.54) is 0 Å². The van der Waals surface area contributed by atoms with Crippen LogP contribution in [0.1, 0.15) is 36.9 Å². The van der Waals surface area contributed by atoms with Gasteiger partial charge in [0, 0.05) is 29.9 Å². The zero-order chi connectivity index (χ0) is 12.5. The molecular formula is C14H15N3O. The Morgan fingerprint density at radius 1 is 1.44 bits per heavy atom. The third kappa shape index (κ3) is 2.06. The number of aromatic nitrogens is 3. The summed E-state index contributed by atoms with van der Waals surface area (Å²) in [6.45, 7) is 2.07. The number of rotatable bonds is 3. The van der Waals surface area contributed by atoms with E-state index in [1.54, 1.807) is 12.3 Å². The maximum Gasteiger partial charge on any atom is 0.251 e. The van der Waals surface area contributed by atoms with E-state index in [0.717, 1.165) is 36.1 Å². The molecule has 2 aromatic heterocycles. The maximum atomic E-state index is 11.7. The standard InChI is InChI=1S/C14H15N3O/c1-2-9-8-15-6-5-11(9)14-16-12(10-3-4-10)7-13(18)17-14/h5-8,10H,2-4H2,1H3,(H,16,17,18). The molecule has 92 valence electrons. The summed E-state index contributed by atoms with van der Waals surface area (Å²) in [5.74, 6) is 1.15. The molecule has 0 unspecified atom stereocenters. The van der Waals surface area contributed by atoms with E-state index in [1.807, 2.05) is 12.3 Å². The molecule has 1 saturated carbocycles. The lowest BCUT2D eigenvalue weighted by Crippen LogP contribution is -2.10. The molecular weight excluding hydrogens is 226 g/mol. The summed E-state index contributed by atoms with van der Waals surface area (Å²) in [6.07, 6.45) is 6.73. The highest BCUT2D eigenvalue weighted by Gasteiger charge is 2.26. The SMILES string of the molecule is CCc1cnccc1-c1nc(C2CC2)cc(=O)[nH]1. The van der Waals surface area contributed by atoms with Gasteiger partial charge in [0.1, 0.15) is 5.82 Å². The molecule has 0 radical (unpaired) electrons. The molecule has 18 heavy (non-hydrogen) atoms. The normalized spacial score (nSPS) is 14.7. The Bertz CT molecular complexity index is 629. The summed E-state index contributed by atoms with van der Waals surface area (Å²) < 4.78 is 0. The first kappa shape index (κ1) is 11.1. The predicted octanol–water partition coefficient (Wildman–Crippen LogP) is 2.27. The van der Waals surface area contributed by atoms with Crippen LogP contribution in [0.3, 0.4) is 0 Å². The Morgan fingerprint density at radius 3 is 3.00 bits per heavy atom. The van der Waals surface area contributed by atoms with Gasteiger partial charge in [0.25, 0.3) is 5.56 Å². The molecule has 4 heteroatoms. The summed E-state index contributed by atoms with van der Waals surface area (Å²) >= 11 is 0. The van der Waals surface area contributed by atoms with E-state index < -0.39 is 0 Å². The molecule has 4 nitrogen and oxygen atoms in total. The quantitative estimate of drug-likeness (QED) is 0.896. The van der Waals surface area contributed by atoms with E-state index in [-0.39, 0.29) is 5.56 Å². The number of nitrogens with zero attached hydrogens (tertiary/aromatic N) is 2. The topological polar surface area (TPSA) is 58.6 Å². The number of aryl methyl sites for hydroxylation is 1. The van der Waals surface area contributed by atoms with Crippen molar-refractivity contribution in [2.75, 3.05) is 0 Å². The molecule has 3 rings (SSSR count). The molecule has 0 aromatic carbocycles. The highest BCUT2D eigenvalue weighted by molar-refractivity contribution is 5.59. The number of hydrogen-bond acceptors (Lipinski definition) is 3. The Hall–Kier alpha value is -1.97. The molecule has 1 aliphatic carbocycles. The van der Waals surface area contributed by atoms with Gasteiger partial charge >= 0.3 is 0 Å². The smallest absolute Gasteiger partial charge is 0.251 e. The third-order valence-electron chi connectivity index (χ3n) is 3.30. The first-order valence-electron chi connectivity index (χ1n) is 6.32. The lowest BCUT2D eigenvalue weighted by molar-refractivity contribution is 0.970. The first-order chi connectivity index (χ1) is 8.78. The molecule has 0 atom stereocenters. The molecule has 1 fully saturated rings. The Morgan fingerprint density at radius 2 is 2.28 bits per heavy atom. The molecule has 1 N–H and O–H groups in total. The maximum absolute atomic E-state index is 11.7. The van der Waals surface area contributed by atoms with E-state index in [4.69, 9.17) is 0 Å². The number of H-pyrrole nitrogens is 1.